The monoisotopic (exact) mass is 475 g/mol. The van der Waals surface area contributed by atoms with Crippen molar-refractivity contribution >= 4 is 33.0 Å². The maximum Gasteiger partial charge on any atom is 0.255 e. The van der Waals surface area contributed by atoms with Crippen LogP contribution < -0.4 is 5.32 Å². The van der Waals surface area contributed by atoms with Gasteiger partial charge in [0.2, 0.25) is 0 Å². The number of rotatable bonds is 4. The number of benzene rings is 2. The van der Waals surface area contributed by atoms with Gasteiger partial charge in [0.1, 0.15) is 0 Å². The van der Waals surface area contributed by atoms with Crippen molar-refractivity contribution < 1.29 is 36.6 Å². The van der Waals surface area contributed by atoms with Gasteiger partial charge in [-0.2, -0.15) is 0 Å². The van der Waals surface area contributed by atoms with Crippen LogP contribution in [0.25, 0.3) is 0 Å². The Morgan fingerprint density at radius 1 is 1.03 bits per heavy atom. The highest BCUT2D eigenvalue weighted by Gasteiger charge is 2.68. The van der Waals surface area contributed by atoms with Crippen LogP contribution in [0.15, 0.2) is 35.2 Å². The maximum absolute atomic E-state index is 13.4. The zero-order chi connectivity index (χ0) is 22.8. The van der Waals surface area contributed by atoms with Crippen molar-refractivity contribution in [3.05, 3.63) is 58.4 Å². The Kier molecular flexibility index (Phi) is 5.32. The van der Waals surface area contributed by atoms with Crippen molar-refractivity contribution in [2.24, 2.45) is 17.8 Å². The highest BCUT2D eigenvalue weighted by Crippen LogP contribution is 2.58. The molecule has 1 amide bonds. The van der Waals surface area contributed by atoms with E-state index in [0.717, 1.165) is 6.07 Å². The molecule has 3 saturated carbocycles. The van der Waals surface area contributed by atoms with Crippen molar-refractivity contribution in [2.45, 2.75) is 29.3 Å². The van der Waals surface area contributed by atoms with Gasteiger partial charge in [-0.3, -0.25) is 4.79 Å². The van der Waals surface area contributed by atoms with Gasteiger partial charge in [0.25, 0.3) is 5.91 Å². The first-order chi connectivity index (χ1) is 14.4. The van der Waals surface area contributed by atoms with E-state index < -0.39 is 62.5 Å². The average molecular weight is 476 g/mol. The minimum absolute atomic E-state index is 0.154. The first-order valence-electron chi connectivity index (χ1n) is 9.30. The molecule has 11 heteroatoms. The van der Waals surface area contributed by atoms with Crippen LogP contribution in [-0.4, -0.2) is 42.0 Å². The molecule has 2 aromatic carbocycles. The standard InChI is InChI=1S/C20H17ClF3NO5S/c1-7-14-17(26)18(27)15(7)19(14)31(29,30)13-4-8(2-3-10(13)21)20(28)25-9-5-11(22)16(24)12(23)6-9/h2-7,14-15,17-19,26-27H,1H3,(H,25,28)/t7-,14?,15?,17+,18?,19-/m0/s1. The van der Waals surface area contributed by atoms with Crippen LogP contribution in [0, 0.1) is 35.2 Å². The van der Waals surface area contributed by atoms with Gasteiger partial charge in [-0.25, -0.2) is 21.6 Å². The molecular weight excluding hydrogens is 459 g/mol. The molecule has 3 unspecified atom stereocenters. The topological polar surface area (TPSA) is 104 Å². The van der Waals surface area contributed by atoms with Crippen molar-refractivity contribution in [1.29, 1.82) is 0 Å². The van der Waals surface area contributed by atoms with Gasteiger partial charge in [0, 0.05) is 35.2 Å². The molecular formula is C20H17ClF3NO5S. The summed E-state index contributed by atoms with van der Waals surface area (Å²) in [6.07, 6.45) is -2.35. The Morgan fingerprint density at radius 2 is 1.58 bits per heavy atom. The SMILES string of the molecule is C[C@@H]1C2C(O)[C@H](O)C1[C@@H]2S(=O)(=O)c1cc(C(=O)Nc2cc(F)c(F)c(F)c2)ccc1Cl. The van der Waals surface area contributed by atoms with Crippen molar-refractivity contribution in [3.63, 3.8) is 0 Å². The number of aliphatic hydroxyl groups is 2. The minimum atomic E-state index is -4.12. The molecule has 166 valence electrons. The number of sulfone groups is 1. The molecule has 2 aromatic rings. The van der Waals surface area contributed by atoms with E-state index in [2.05, 4.69) is 5.32 Å². The number of amides is 1. The summed E-state index contributed by atoms with van der Waals surface area (Å²) in [4.78, 5) is 12.1. The third-order valence-electron chi connectivity index (χ3n) is 6.21. The Labute approximate surface area is 180 Å². The molecule has 2 bridgehead atoms. The van der Waals surface area contributed by atoms with E-state index >= 15 is 0 Å². The molecule has 6 atom stereocenters. The Morgan fingerprint density at radius 3 is 2.10 bits per heavy atom. The van der Waals surface area contributed by atoms with E-state index in [-0.39, 0.29) is 27.1 Å². The fourth-order valence-corrected chi connectivity index (χ4v) is 7.70. The zero-order valence-corrected chi connectivity index (χ0v) is 17.5. The second kappa shape index (κ2) is 7.47. The van der Waals surface area contributed by atoms with E-state index in [0.29, 0.717) is 12.1 Å². The zero-order valence-electron chi connectivity index (χ0n) is 15.9. The van der Waals surface area contributed by atoms with Crippen molar-refractivity contribution in [1.82, 2.24) is 0 Å². The molecule has 3 aliphatic carbocycles. The Balaban J connectivity index is 1.64. The second-order valence-electron chi connectivity index (χ2n) is 7.86. The largest absolute Gasteiger partial charge is 0.390 e. The number of aliphatic hydroxyl groups excluding tert-OH is 2. The molecule has 31 heavy (non-hydrogen) atoms. The van der Waals surface area contributed by atoms with Gasteiger partial charge < -0.3 is 15.5 Å². The fraction of sp³-hybridized carbons (Fsp3) is 0.350. The molecule has 5 rings (SSSR count). The number of hydrogen-bond acceptors (Lipinski definition) is 5. The summed E-state index contributed by atoms with van der Waals surface area (Å²) >= 11 is 6.08. The Hall–Kier alpha value is -2.14. The lowest BCUT2D eigenvalue weighted by Crippen LogP contribution is -2.50. The molecule has 0 spiro atoms. The molecule has 3 N–H and O–H groups in total. The lowest BCUT2D eigenvalue weighted by Gasteiger charge is -2.42. The quantitative estimate of drug-likeness (QED) is 0.590. The number of halogens is 4. The third kappa shape index (κ3) is 3.32. The van der Waals surface area contributed by atoms with Crippen LogP contribution in [0.2, 0.25) is 5.02 Å². The van der Waals surface area contributed by atoms with Crippen LogP contribution >= 0.6 is 11.6 Å². The van der Waals surface area contributed by atoms with Gasteiger partial charge in [-0.1, -0.05) is 18.5 Å². The summed E-state index contributed by atoms with van der Waals surface area (Å²) in [5.74, 6) is -7.11. The summed E-state index contributed by atoms with van der Waals surface area (Å²) in [6, 6.07) is 4.59. The van der Waals surface area contributed by atoms with Gasteiger partial charge in [0.05, 0.1) is 27.4 Å². The number of anilines is 1. The lowest BCUT2D eigenvalue weighted by molar-refractivity contribution is 0.0396. The van der Waals surface area contributed by atoms with Crippen LogP contribution in [0.1, 0.15) is 17.3 Å². The molecule has 0 radical (unpaired) electrons. The maximum atomic E-state index is 13.4. The first kappa shape index (κ1) is 22.1. The number of carbonyl (C=O) groups is 1. The van der Waals surface area contributed by atoms with Gasteiger partial charge in [-0.05, 0) is 24.1 Å². The summed E-state index contributed by atoms with van der Waals surface area (Å²) < 4.78 is 66.3. The molecule has 3 aliphatic rings. The third-order valence-corrected chi connectivity index (χ3v) is 8.95. The number of hydrogen-bond donors (Lipinski definition) is 3. The molecule has 0 aliphatic heterocycles. The fourth-order valence-electron chi connectivity index (χ4n) is 4.69. The number of carbonyl (C=O) groups excluding carboxylic acids is 1. The van der Waals surface area contributed by atoms with E-state index in [4.69, 9.17) is 11.6 Å². The van der Waals surface area contributed by atoms with Crippen LogP contribution in [0.4, 0.5) is 18.9 Å². The summed E-state index contributed by atoms with van der Waals surface area (Å²) in [5, 5.41) is 21.2. The molecule has 0 aromatic heterocycles. The van der Waals surface area contributed by atoms with Crippen LogP contribution in [-0.2, 0) is 9.84 Å². The van der Waals surface area contributed by atoms with Gasteiger partial charge in [-0.15, -0.1) is 0 Å². The van der Waals surface area contributed by atoms with Gasteiger partial charge >= 0.3 is 0 Å². The molecule has 0 heterocycles. The second-order valence-corrected chi connectivity index (χ2v) is 10.3. The van der Waals surface area contributed by atoms with Crippen molar-refractivity contribution in [2.75, 3.05) is 5.32 Å². The average Bonchev–Trinajstić information content (AvgIpc) is 3.09. The summed E-state index contributed by atoms with van der Waals surface area (Å²) in [5.41, 5.74) is -0.535. The summed E-state index contributed by atoms with van der Waals surface area (Å²) in [7, 11) is -4.12. The highest BCUT2D eigenvalue weighted by molar-refractivity contribution is 7.92. The van der Waals surface area contributed by atoms with E-state index in [9.17, 15) is 36.6 Å². The Bertz CT molecular complexity index is 1150. The minimum Gasteiger partial charge on any atom is -0.390 e. The van der Waals surface area contributed by atoms with Gasteiger partial charge in [0.15, 0.2) is 27.3 Å². The van der Waals surface area contributed by atoms with Crippen LogP contribution in [0.5, 0.6) is 0 Å². The first-order valence-corrected chi connectivity index (χ1v) is 11.2. The smallest absolute Gasteiger partial charge is 0.255 e. The van der Waals surface area contributed by atoms with Crippen LogP contribution in [0.3, 0.4) is 0 Å². The van der Waals surface area contributed by atoms with E-state index in [1.54, 1.807) is 6.92 Å². The van der Waals surface area contributed by atoms with E-state index in [1.807, 2.05) is 0 Å². The normalized spacial score (nSPS) is 29.5. The molecule has 0 saturated heterocycles. The predicted octanol–water partition coefficient (Wildman–Crippen LogP) is 2.77. The number of nitrogens with one attached hydrogen (secondary N) is 1. The molecule has 3 fully saturated rings. The number of fused-ring (bicyclic) bond motifs is 1. The summed E-state index contributed by atoms with van der Waals surface area (Å²) in [6.45, 7) is 1.74. The van der Waals surface area contributed by atoms with E-state index in [1.165, 1.54) is 12.1 Å². The lowest BCUT2D eigenvalue weighted by atomic mass is 9.72. The van der Waals surface area contributed by atoms with Crippen molar-refractivity contribution in [3.8, 4) is 0 Å². The molecule has 6 nitrogen and oxygen atoms in total. The predicted molar refractivity (Wildman–Crippen MR) is 105 cm³/mol. The highest BCUT2D eigenvalue weighted by atomic mass is 35.5.